The molecule has 0 saturated carbocycles. The van der Waals surface area contributed by atoms with Crippen LogP contribution in [-0.4, -0.2) is 24.1 Å². The molecular formula is C15H31NS. The van der Waals surface area contributed by atoms with E-state index in [2.05, 4.69) is 37.8 Å². The molecule has 1 saturated heterocycles. The Morgan fingerprint density at radius 2 is 1.94 bits per heavy atom. The summed E-state index contributed by atoms with van der Waals surface area (Å²) >= 11 is 2.14. The standard InChI is InChI=1S/C15H31NS/c1-4-6-13(3)11-15(16-5-2)12-14-7-9-17-10-8-14/h13-16H,4-12H2,1-3H3. The Kier molecular flexibility index (Phi) is 8.38. The van der Waals surface area contributed by atoms with Crippen LogP contribution in [0.25, 0.3) is 0 Å². The quantitative estimate of drug-likeness (QED) is 0.695. The molecule has 102 valence electrons. The maximum atomic E-state index is 3.71. The van der Waals surface area contributed by atoms with Gasteiger partial charge < -0.3 is 5.32 Å². The van der Waals surface area contributed by atoms with E-state index in [1.165, 1.54) is 50.0 Å². The second-order valence-corrected chi connectivity index (χ2v) is 6.90. The highest BCUT2D eigenvalue weighted by molar-refractivity contribution is 7.99. The van der Waals surface area contributed by atoms with Gasteiger partial charge in [-0.05, 0) is 55.6 Å². The molecule has 1 heterocycles. The minimum Gasteiger partial charge on any atom is -0.314 e. The van der Waals surface area contributed by atoms with E-state index < -0.39 is 0 Å². The van der Waals surface area contributed by atoms with E-state index in [9.17, 15) is 0 Å². The molecule has 2 atom stereocenters. The minimum atomic E-state index is 0.773. The van der Waals surface area contributed by atoms with E-state index in [1.807, 2.05) is 0 Å². The largest absolute Gasteiger partial charge is 0.314 e. The van der Waals surface area contributed by atoms with Crippen LogP contribution in [0.3, 0.4) is 0 Å². The fraction of sp³-hybridized carbons (Fsp3) is 1.00. The van der Waals surface area contributed by atoms with Gasteiger partial charge in [-0.1, -0.05) is 33.6 Å². The first kappa shape index (κ1) is 15.4. The van der Waals surface area contributed by atoms with Crippen molar-refractivity contribution in [3.63, 3.8) is 0 Å². The lowest BCUT2D eigenvalue weighted by atomic mass is 9.88. The van der Waals surface area contributed by atoms with Gasteiger partial charge in [0.1, 0.15) is 0 Å². The van der Waals surface area contributed by atoms with Gasteiger partial charge in [-0.3, -0.25) is 0 Å². The topological polar surface area (TPSA) is 12.0 Å². The van der Waals surface area contributed by atoms with Crippen molar-refractivity contribution in [3.05, 3.63) is 0 Å². The molecule has 0 spiro atoms. The number of hydrogen-bond acceptors (Lipinski definition) is 2. The van der Waals surface area contributed by atoms with Crippen molar-refractivity contribution in [1.82, 2.24) is 5.32 Å². The number of hydrogen-bond donors (Lipinski definition) is 1. The second-order valence-electron chi connectivity index (χ2n) is 5.68. The third kappa shape index (κ3) is 6.71. The summed E-state index contributed by atoms with van der Waals surface area (Å²) in [6, 6.07) is 0.773. The Balaban J connectivity index is 2.30. The number of nitrogens with one attached hydrogen (secondary N) is 1. The van der Waals surface area contributed by atoms with Crippen LogP contribution in [0.5, 0.6) is 0 Å². The summed E-state index contributed by atoms with van der Waals surface area (Å²) in [7, 11) is 0. The zero-order valence-corrected chi connectivity index (χ0v) is 12.8. The van der Waals surface area contributed by atoms with Crippen LogP contribution in [0.15, 0.2) is 0 Å². The summed E-state index contributed by atoms with van der Waals surface area (Å²) in [6.45, 7) is 8.10. The Hall–Kier alpha value is 0.310. The molecule has 1 aliphatic heterocycles. The average molecular weight is 257 g/mol. The van der Waals surface area contributed by atoms with E-state index in [4.69, 9.17) is 0 Å². The van der Waals surface area contributed by atoms with Crippen LogP contribution in [-0.2, 0) is 0 Å². The Morgan fingerprint density at radius 3 is 2.53 bits per heavy atom. The van der Waals surface area contributed by atoms with Crippen molar-refractivity contribution in [3.8, 4) is 0 Å². The molecule has 0 aromatic rings. The lowest BCUT2D eigenvalue weighted by Crippen LogP contribution is -2.33. The maximum Gasteiger partial charge on any atom is 0.00721 e. The number of thioether (sulfide) groups is 1. The van der Waals surface area contributed by atoms with Gasteiger partial charge in [0.05, 0.1) is 0 Å². The third-order valence-electron chi connectivity index (χ3n) is 3.92. The highest BCUT2D eigenvalue weighted by atomic mass is 32.2. The zero-order chi connectivity index (χ0) is 12.5. The van der Waals surface area contributed by atoms with Gasteiger partial charge in [-0.15, -0.1) is 0 Å². The van der Waals surface area contributed by atoms with E-state index in [0.29, 0.717) is 0 Å². The van der Waals surface area contributed by atoms with Crippen molar-refractivity contribution in [2.45, 2.75) is 65.3 Å². The molecule has 2 unspecified atom stereocenters. The average Bonchev–Trinajstić information content (AvgIpc) is 2.31. The smallest absolute Gasteiger partial charge is 0.00721 e. The molecule has 0 aliphatic carbocycles. The molecule has 1 fully saturated rings. The summed E-state index contributed by atoms with van der Waals surface area (Å²) in [5, 5.41) is 3.71. The fourth-order valence-corrected chi connectivity index (χ4v) is 4.24. The highest BCUT2D eigenvalue weighted by Gasteiger charge is 2.20. The molecule has 1 nitrogen and oxygen atoms in total. The minimum absolute atomic E-state index is 0.773. The van der Waals surface area contributed by atoms with Crippen molar-refractivity contribution >= 4 is 11.8 Å². The van der Waals surface area contributed by atoms with Crippen LogP contribution in [0, 0.1) is 11.8 Å². The van der Waals surface area contributed by atoms with Gasteiger partial charge in [-0.2, -0.15) is 11.8 Å². The van der Waals surface area contributed by atoms with Gasteiger partial charge in [0.2, 0.25) is 0 Å². The van der Waals surface area contributed by atoms with Gasteiger partial charge in [0.25, 0.3) is 0 Å². The summed E-state index contributed by atoms with van der Waals surface area (Å²) < 4.78 is 0. The van der Waals surface area contributed by atoms with Crippen molar-refractivity contribution < 1.29 is 0 Å². The lowest BCUT2D eigenvalue weighted by molar-refractivity contribution is 0.314. The van der Waals surface area contributed by atoms with E-state index in [0.717, 1.165) is 24.4 Å². The first-order valence-electron chi connectivity index (χ1n) is 7.57. The second kappa shape index (κ2) is 9.27. The zero-order valence-electron chi connectivity index (χ0n) is 12.0. The summed E-state index contributed by atoms with van der Waals surface area (Å²) in [4.78, 5) is 0. The van der Waals surface area contributed by atoms with Gasteiger partial charge in [-0.25, -0.2) is 0 Å². The SMILES string of the molecule is CCCC(C)CC(CC1CCSCC1)NCC. The lowest BCUT2D eigenvalue weighted by Gasteiger charge is -2.28. The number of rotatable bonds is 8. The summed E-state index contributed by atoms with van der Waals surface area (Å²) in [6.07, 6.45) is 8.43. The summed E-state index contributed by atoms with van der Waals surface area (Å²) in [5.41, 5.74) is 0. The van der Waals surface area contributed by atoms with Crippen LogP contribution < -0.4 is 5.32 Å². The fourth-order valence-electron chi connectivity index (χ4n) is 3.03. The molecule has 0 aromatic heterocycles. The molecule has 1 aliphatic rings. The maximum absolute atomic E-state index is 3.71. The molecular weight excluding hydrogens is 226 g/mol. The van der Waals surface area contributed by atoms with E-state index in [1.54, 1.807) is 0 Å². The van der Waals surface area contributed by atoms with Crippen LogP contribution in [0.2, 0.25) is 0 Å². The molecule has 2 heteroatoms. The van der Waals surface area contributed by atoms with E-state index in [-0.39, 0.29) is 0 Å². The predicted molar refractivity (Wildman–Crippen MR) is 80.8 cm³/mol. The first-order chi connectivity index (χ1) is 8.26. The molecule has 0 radical (unpaired) electrons. The molecule has 17 heavy (non-hydrogen) atoms. The Morgan fingerprint density at radius 1 is 1.24 bits per heavy atom. The first-order valence-corrected chi connectivity index (χ1v) is 8.72. The molecule has 1 rings (SSSR count). The van der Waals surface area contributed by atoms with E-state index >= 15 is 0 Å². The molecule has 0 amide bonds. The third-order valence-corrected chi connectivity index (χ3v) is 4.97. The van der Waals surface area contributed by atoms with Crippen molar-refractivity contribution in [2.75, 3.05) is 18.1 Å². The highest BCUT2D eigenvalue weighted by Crippen LogP contribution is 2.28. The van der Waals surface area contributed by atoms with Gasteiger partial charge in [0.15, 0.2) is 0 Å². The normalized spacial score (nSPS) is 21.4. The van der Waals surface area contributed by atoms with Crippen molar-refractivity contribution in [2.24, 2.45) is 11.8 Å². The van der Waals surface area contributed by atoms with Crippen LogP contribution >= 0.6 is 11.8 Å². The van der Waals surface area contributed by atoms with Crippen molar-refractivity contribution in [1.29, 1.82) is 0 Å². The van der Waals surface area contributed by atoms with Crippen LogP contribution in [0.1, 0.15) is 59.3 Å². The van der Waals surface area contributed by atoms with Crippen LogP contribution in [0.4, 0.5) is 0 Å². The molecule has 0 aromatic carbocycles. The summed E-state index contributed by atoms with van der Waals surface area (Å²) in [5.74, 6) is 4.68. The molecule has 1 N–H and O–H groups in total. The Bertz CT molecular complexity index is 178. The Labute approximate surface area is 113 Å². The predicted octanol–water partition coefficient (Wildman–Crippen LogP) is 4.32. The molecule has 0 bridgehead atoms. The monoisotopic (exact) mass is 257 g/mol. The van der Waals surface area contributed by atoms with Gasteiger partial charge >= 0.3 is 0 Å². The van der Waals surface area contributed by atoms with Gasteiger partial charge in [0, 0.05) is 6.04 Å².